The minimum absolute atomic E-state index is 0.0724. The summed E-state index contributed by atoms with van der Waals surface area (Å²) in [5, 5.41) is 9.33. The average molecular weight is 334 g/mol. The van der Waals surface area contributed by atoms with Crippen molar-refractivity contribution < 1.29 is 36.9 Å². The maximum Gasteiger partial charge on any atom is 0.475 e. The van der Waals surface area contributed by atoms with Crippen molar-refractivity contribution in [2.24, 2.45) is 0 Å². The molecule has 0 aliphatic heterocycles. The van der Waals surface area contributed by atoms with Crippen LogP contribution in [0.2, 0.25) is 0 Å². The van der Waals surface area contributed by atoms with Crippen LogP contribution in [0.4, 0.5) is 0 Å². The number of hydrogen-bond acceptors (Lipinski definition) is 8. The van der Waals surface area contributed by atoms with E-state index in [0.717, 1.165) is 0 Å². The highest BCUT2D eigenvalue weighted by Crippen LogP contribution is 2.60. The lowest BCUT2D eigenvalue weighted by Crippen LogP contribution is -2.21. The number of phosphoric acid groups is 1. The maximum absolute atomic E-state index is 12.5. The Morgan fingerprint density at radius 2 is 1.25 bits per heavy atom. The van der Waals surface area contributed by atoms with E-state index in [1.54, 1.807) is 27.7 Å². The SMILES string of the molecule is CCOP(=O)(OCC)OC(CO)P(=O)(OCC)OCC. The lowest BCUT2D eigenvalue weighted by molar-refractivity contribution is 0.0639. The molecule has 0 spiro atoms. The van der Waals surface area contributed by atoms with Gasteiger partial charge in [-0.1, -0.05) is 0 Å². The first-order valence-electron chi connectivity index (χ1n) is 6.48. The van der Waals surface area contributed by atoms with Gasteiger partial charge in [-0.2, -0.15) is 0 Å². The Bertz CT molecular complexity index is 328. The van der Waals surface area contributed by atoms with Gasteiger partial charge in [0.25, 0.3) is 0 Å². The van der Waals surface area contributed by atoms with Gasteiger partial charge in [-0.05, 0) is 27.7 Å². The summed E-state index contributed by atoms with van der Waals surface area (Å²) in [6, 6.07) is 0. The summed E-state index contributed by atoms with van der Waals surface area (Å²) in [5.41, 5.74) is 0. The van der Waals surface area contributed by atoms with Crippen LogP contribution in [-0.2, 0) is 31.7 Å². The Balaban J connectivity index is 5.12. The summed E-state index contributed by atoms with van der Waals surface area (Å²) in [7, 11) is -7.71. The van der Waals surface area contributed by atoms with Crippen LogP contribution in [0.15, 0.2) is 0 Å². The number of aliphatic hydroxyl groups excluding tert-OH is 1. The smallest absolute Gasteiger partial charge is 0.393 e. The summed E-state index contributed by atoms with van der Waals surface area (Å²) in [6.45, 7) is 6.06. The molecule has 0 heterocycles. The van der Waals surface area contributed by atoms with Crippen molar-refractivity contribution in [2.75, 3.05) is 33.0 Å². The first-order valence-corrected chi connectivity index (χ1v) is 9.55. The normalized spacial score (nSPS) is 14.4. The fourth-order valence-electron chi connectivity index (χ4n) is 1.32. The molecule has 0 aromatic carbocycles. The van der Waals surface area contributed by atoms with Crippen LogP contribution in [0.25, 0.3) is 0 Å². The van der Waals surface area contributed by atoms with Crippen molar-refractivity contribution in [3.8, 4) is 0 Å². The third-order valence-electron chi connectivity index (χ3n) is 1.95. The van der Waals surface area contributed by atoms with E-state index >= 15 is 0 Å². The molecule has 8 nitrogen and oxygen atoms in total. The molecule has 122 valence electrons. The molecule has 0 aromatic rings. The summed E-state index contributed by atoms with van der Waals surface area (Å²) < 4.78 is 49.7. The van der Waals surface area contributed by atoms with Gasteiger partial charge in [0, 0.05) is 0 Å². The molecule has 10 heteroatoms. The largest absolute Gasteiger partial charge is 0.475 e. The number of rotatable bonds is 12. The predicted octanol–water partition coefficient (Wildman–Crippen LogP) is 2.77. The third-order valence-corrected chi connectivity index (χ3v) is 5.99. The summed E-state index contributed by atoms with van der Waals surface area (Å²) in [5.74, 6) is -1.44. The van der Waals surface area contributed by atoms with E-state index in [1.807, 2.05) is 0 Å². The summed E-state index contributed by atoms with van der Waals surface area (Å²) in [4.78, 5) is 0. The quantitative estimate of drug-likeness (QED) is 0.544. The van der Waals surface area contributed by atoms with Gasteiger partial charge in [0.1, 0.15) is 0 Å². The number of hydrogen-bond donors (Lipinski definition) is 1. The van der Waals surface area contributed by atoms with Gasteiger partial charge in [-0.3, -0.25) is 18.1 Å². The van der Waals surface area contributed by atoms with E-state index in [-0.39, 0.29) is 26.4 Å². The van der Waals surface area contributed by atoms with Gasteiger partial charge in [0.2, 0.25) is 0 Å². The van der Waals surface area contributed by atoms with Crippen LogP contribution >= 0.6 is 15.4 Å². The van der Waals surface area contributed by atoms with E-state index in [2.05, 4.69) is 0 Å². The number of aliphatic hydroxyl groups is 1. The highest BCUT2D eigenvalue weighted by atomic mass is 31.2. The van der Waals surface area contributed by atoms with Crippen molar-refractivity contribution in [2.45, 2.75) is 33.5 Å². The molecule has 0 saturated heterocycles. The van der Waals surface area contributed by atoms with E-state index in [0.29, 0.717) is 0 Å². The Labute approximate surface area is 119 Å². The van der Waals surface area contributed by atoms with Crippen molar-refractivity contribution in [1.82, 2.24) is 0 Å². The minimum Gasteiger partial charge on any atom is -0.393 e. The molecule has 1 atom stereocenters. The Morgan fingerprint density at radius 3 is 1.55 bits per heavy atom. The van der Waals surface area contributed by atoms with Crippen LogP contribution < -0.4 is 0 Å². The average Bonchev–Trinajstić information content (AvgIpc) is 2.37. The van der Waals surface area contributed by atoms with Crippen molar-refractivity contribution in [3.05, 3.63) is 0 Å². The molecule has 0 aromatic heterocycles. The Hall–Kier alpha value is 0.220. The molecule has 20 heavy (non-hydrogen) atoms. The highest BCUT2D eigenvalue weighted by Gasteiger charge is 2.42. The predicted molar refractivity (Wildman–Crippen MR) is 73.7 cm³/mol. The van der Waals surface area contributed by atoms with Gasteiger partial charge in [-0.15, -0.1) is 0 Å². The molecule has 0 aliphatic carbocycles. The third kappa shape index (κ3) is 6.33. The standard InChI is InChI=1S/C10H24O8P2/c1-5-14-19(12,15-6-2)10(9-11)18-20(13,16-7-3)17-8-4/h10-11H,5-9H2,1-4H3. The minimum atomic E-state index is -3.93. The molecule has 0 amide bonds. The lowest BCUT2D eigenvalue weighted by atomic mass is 10.8. The van der Waals surface area contributed by atoms with Gasteiger partial charge in [-0.25, -0.2) is 4.57 Å². The highest BCUT2D eigenvalue weighted by molar-refractivity contribution is 7.56. The van der Waals surface area contributed by atoms with Crippen LogP contribution in [-0.4, -0.2) is 44.0 Å². The van der Waals surface area contributed by atoms with Crippen molar-refractivity contribution in [1.29, 1.82) is 0 Å². The first kappa shape index (κ1) is 20.2. The number of phosphoric ester groups is 1. The van der Waals surface area contributed by atoms with E-state index in [4.69, 9.17) is 22.6 Å². The Kier molecular flexibility index (Phi) is 10.1. The molecular formula is C10H24O8P2. The van der Waals surface area contributed by atoms with Crippen molar-refractivity contribution in [3.63, 3.8) is 0 Å². The van der Waals surface area contributed by atoms with E-state index < -0.39 is 27.9 Å². The van der Waals surface area contributed by atoms with E-state index in [9.17, 15) is 14.2 Å². The fourth-order valence-corrected chi connectivity index (χ4v) is 4.65. The Morgan fingerprint density at radius 1 is 0.850 bits per heavy atom. The molecule has 0 fully saturated rings. The van der Waals surface area contributed by atoms with Gasteiger partial charge < -0.3 is 14.2 Å². The molecule has 1 unspecified atom stereocenters. The van der Waals surface area contributed by atoms with Crippen LogP contribution in [0.1, 0.15) is 27.7 Å². The molecule has 0 saturated carbocycles. The fraction of sp³-hybridized carbons (Fsp3) is 1.00. The maximum atomic E-state index is 12.5. The monoisotopic (exact) mass is 334 g/mol. The molecular weight excluding hydrogens is 310 g/mol. The topological polar surface area (TPSA) is 101 Å². The van der Waals surface area contributed by atoms with Crippen LogP contribution in [0, 0.1) is 0 Å². The zero-order chi connectivity index (χ0) is 15.6. The molecule has 1 N–H and O–H groups in total. The van der Waals surface area contributed by atoms with Crippen molar-refractivity contribution >= 4 is 15.4 Å². The van der Waals surface area contributed by atoms with Gasteiger partial charge >= 0.3 is 15.4 Å². The second-order valence-corrected chi connectivity index (χ2v) is 7.19. The van der Waals surface area contributed by atoms with Crippen LogP contribution in [0.3, 0.4) is 0 Å². The summed E-state index contributed by atoms with van der Waals surface area (Å²) >= 11 is 0. The first-order chi connectivity index (χ1) is 9.41. The molecule has 0 aliphatic rings. The molecule has 0 radical (unpaired) electrons. The van der Waals surface area contributed by atoms with Crippen LogP contribution in [0.5, 0.6) is 0 Å². The summed E-state index contributed by atoms with van der Waals surface area (Å²) in [6.07, 6.45) is 0. The van der Waals surface area contributed by atoms with Gasteiger partial charge in [0.05, 0.1) is 33.0 Å². The van der Waals surface area contributed by atoms with Gasteiger partial charge in [0.15, 0.2) is 5.85 Å². The zero-order valence-corrected chi connectivity index (χ0v) is 14.1. The second kappa shape index (κ2) is 10.0. The molecule has 0 rings (SSSR count). The van der Waals surface area contributed by atoms with E-state index in [1.165, 1.54) is 0 Å². The lowest BCUT2D eigenvalue weighted by Gasteiger charge is -2.27. The molecule has 0 bridgehead atoms. The second-order valence-electron chi connectivity index (χ2n) is 3.40. The zero-order valence-electron chi connectivity index (χ0n) is 12.3.